The van der Waals surface area contributed by atoms with Gasteiger partial charge in [-0.25, -0.2) is 9.59 Å². The standard InChI is InChI=1S/C16H29N3O4/c1-15(2,3)22-13(20)18-7-8-19(12-10-17-9-11(12)18)14(21)23-16(4,5)6/h11-12,17H,7-10H2,1-6H3. The Bertz CT molecular complexity index is 425. The average Bonchev–Trinajstić information content (AvgIpc) is 2.81. The number of hydrogen-bond donors (Lipinski definition) is 1. The van der Waals surface area contributed by atoms with Crippen LogP contribution in [0.15, 0.2) is 0 Å². The van der Waals surface area contributed by atoms with Crippen molar-refractivity contribution < 1.29 is 19.1 Å². The Morgan fingerprint density at radius 2 is 1.17 bits per heavy atom. The SMILES string of the molecule is CC(C)(C)OC(=O)N1CCN(C(=O)OC(C)(C)C)C2CNCC21. The van der Waals surface area contributed by atoms with E-state index in [2.05, 4.69) is 5.32 Å². The minimum absolute atomic E-state index is 0.0777. The second-order valence-corrected chi connectivity index (χ2v) is 8.14. The normalized spacial score (nSPS) is 25.1. The molecule has 0 aliphatic carbocycles. The van der Waals surface area contributed by atoms with Crippen molar-refractivity contribution in [3.8, 4) is 0 Å². The summed E-state index contributed by atoms with van der Waals surface area (Å²) in [6.45, 7) is 13.3. The molecule has 2 atom stereocenters. The first-order valence-corrected chi connectivity index (χ1v) is 8.18. The van der Waals surface area contributed by atoms with Crippen LogP contribution in [0.3, 0.4) is 0 Å². The topological polar surface area (TPSA) is 71.1 Å². The van der Waals surface area contributed by atoms with Crippen molar-refractivity contribution in [2.75, 3.05) is 26.2 Å². The molecule has 2 unspecified atom stereocenters. The second-order valence-electron chi connectivity index (χ2n) is 8.14. The van der Waals surface area contributed by atoms with Crippen LogP contribution in [0.2, 0.25) is 0 Å². The molecule has 23 heavy (non-hydrogen) atoms. The highest BCUT2D eigenvalue weighted by molar-refractivity contribution is 5.72. The lowest BCUT2D eigenvalue weighted by atomic mass is 10.1. The third-order valence-electron chi connectivity index (χ3n) is 3.79. The van der Waals surface area contributed by atoms with Crippen LogP contribution in [0.25, 0.3) is 0 Å². The first kappa shape index (κ1) is 17.8. The zero-order valence-corrected chi connectivity index (χ0v) is 15.0. The molecule has 2 saturated heterocycles. The summed E-state index contributed by atoms with van der Waals surface area (Å²) in [5.74, 6) is 0. The molecule has 132 valence electrons. The first-order chi connectivity index (χ1) is 10.5. The molecule has 7 heteroatoms. The predicted octanol–water partition coefficient (Wildman–Crippen LogP) is 1.81. The zero-order valence-electron chi connectivity index (χ0n) is 15.0. The van der Waals surface area contributed by atoms with Crippen molar-refractivity contribution in [2.24, 2.45) is 0 Å². The van der Waals surface area contributed by atoms with E-state index in [9.17, 15) is 9.59 Å². The van der Waals surface area contributed by atoms with E-state index in [0.717, 1.165) is 0 Å². The highest BCUT2D eigenvalue weighted by Gasteiger charge is 2.45. The predicted molar refractivity (Wildman–Crippen MR) is 86.3 cm³/mol. The number of amides is 2. The van der Waals surface area contributed by atoms with Gasteiger partial charge >= 0.3 is 12.2 Å². The molecule has 2 aliphatic rings. The van der Waals surface area contributed by atoms with Gasteiger partial charge in [0.05, 0.1) is 12.1 Å². The lowest BCUT2D eigenvalue weighted by Gasteiger charge is -2.44. The third kappa shape index (κ3) is 4.50. The summed E-state index contributed by atoms with van der Waals surface area (Å²) in [7, 11) is 0. The van der Waals surface area contributed by atoms with Gasteiger partial charge in [0, 0.05) is 26.2 Å². The summed E-state index contributed by atoms with van der Waals surface area (Å²) in [6.07, 6.45) is -0.639. The Morgan fingerprint density at radius 3 is 1.48 bits per heavy atom. The number of carbonyl (C=O) groups excluding carboxylic acids is 2. The van der Waals surface area contributed by atoms with Crippen LogP contribution in [0, 0.1) is 0 Å². The molecule has 2 rings (SSSR count). The Hall–Kier alpha value is -1.50. The van der Waals surface area contributed by atoms with Crippen molar-refractivity contribution in [2.45, 2.75) is 64.8 Å². The summed E-state index contributed by atoms with van der Waals surface area (Å²) in [5, 5.41) is 3.26. The maximum absolute atomic E-state index is 12.4. The van der Waals surface area contributed by atoms with Crippen LogP contribution >= 0.6 is 0 Å². The molecule has 0 spiro atoms. The summed E-state index contributed by atoms with van der Waals surface area (Å²) in [4.78, 5) is 28.3. The number of carbonyl (C=O) groups is 2. The van der Waals surface area contributed by atoms with E-state index in [1.54, 1.807) is 9.80 Å². The minimum atomic E-state index is -0.527. The number of piperazine rings is 1. The summed E-state index contributed by atoms with van der Waals surface area (Å²) < 4.78 is 11.0. The summed E-state index contributed by atoms with van der Waals surface area (Å²) >= 11 is 0. The lowest BCUT2D eigenvalue weighted by molar-refractivity contribution is -0.0240. The van der Waals surface area contributed by atoms with E-state index in [4.69, 9.17) is 9.47 Å². The minimum Gasteiger partial charge on any atom is -0.444 e. The van der Waals surface area contributed by atoms with Gasteiger partial charge in [0.2, 0.25) is 0 Å². The Balaban J connectivity index is 2.07. The van der Waals surface area contributed by atoms with Crippen molar-refractivity contribution in [3.63, 3.8) is 0 Å². The van der Waals surface area contributed by atoms with Crippen LogP contribution in [0.5, 0.6) is 0 Å². The van der Waals surface area contributed by atoms with Crippen molar-refractivity contribution in [1.29, 1.82) is 0 Å². The summed E-state index contributed by atoms with van der Waals surface area (Å²) in [6, 6.07) is -0.155. The fraction of sp³-hybridized carbons (Fsp3) is 0.875. The fourth-order valence-corrected chi connectivity index (χ4v) is 2.93. The van der Waals surface area contributed by atoms with Gasteiger partial charge in [0.1, 0.15) is 11.2 Å². The summed E-state index contributed by atoms with van der Waals surface area (Å²) in [5.41, 5.74) is -1.05. The van der Waals surface area contributed by atoms with Crippen LogP contribution in [-0.4, -0.2) is 71.5 Å². The van der Waals surface area contributed by atoms with Gasteiger partial charge < -0.3 is 24.6 Å². The molecule has 2 heterocycles. The maximum atomic E-state index is 12.4. The van der Waals surface area contributed by atoms with Gasteiger partial charge in [-0.2, -0.15) is 0 Å². The molecule has 0 aromatic rings. The van der Waals surface area contributed by atoms with E-state index >= 15 is 0 Å². The molecule has 2 fully saturated rings. The molecule has 0 aromatic heterocycles. The average molecular weight is 327 g/mol. The molecule has 0 radical (unpaired) electrons. The number of nitrogens with zero attached hydrogens (tertiary/aromatic N) is 2. The largest absolute Gasteiger partial charge is 0.444 e. The van der Waals surface area contributed by atoms with E-state index in [-0.39, 0.29) is 24.3 Å². The van der Waals surface area contributed by atoms with Crippen molar-refractivity contribution >= 4 is 12.2 Å². The molecule has 0 bridgehead atoms. The Kier molecular flexibility index (Phi) is 4.80. The number of hydrogen-bond acceptors (Lipinski definition) is 5. The monoisotopic (exact) mass is 327 g/mol. The quantitative estimate of drug-likeness (QED) is 0.735. The van der Waals surface area contributed by atoms with Gasteiger partial charge in [-0.1, -0.05) is 0 Å². The van der Waals surface area contributed by atoms with Crippen LogP contribution in [-0.2, 0) is 9.47 Å². The van der Waals surface area contributed by atoms with Gasteiger partial charge in [-0.15, -0.1) is 0 Å². The molecular weight excluding hydrogens is 298 g/mol. The van der Waals surface area contributed by atoms with E-state index in [0.29, 0.717) is 26.2 Å². The Labute approximate surface area is 138 Å². The van der Waals surface area contributed by atoms with Gasteiger partial charge in [-0.3, -0.25) is 0 Å². The number of fused-ring (bicyclic) bond motifs is 1. The number of nitrogens with one attached hydrogen (secondary N) is 1. The smallest absolute Gasteiger partial charge is 0.410 e. The maximum Gasteiger partial charge on any atom is 0.410 e. The second kappa shape index (κ2) is 6.19. The molecule has 0 aromatic carbocycles. The molecular formula is C16H29N3O4. The van der Waals surface area contributed by atoms with Crippen molar-refractivity contribution in [3.05, 3.63) is 0 Å². The molecule has 1 N–H and O–H groups in total. The van der Waals surface area contributed by atoms with Crippen LogP contribution in [0.4, 0.5) is 9.59 Å². The Morgan fingerprint density at radius 1 is 0.826 bits per heavy atom. The van der Waals surface area contributed by atoms with Crippen LogP contribution < -0.4 is 5.32 Å². The highest BCUT2D eigenvalue weighted by Crippen LogP contribution is 2.24. The third-order valence-corrected chi connectivity index (χ3v) is 3.79. The fourth-order valence-electron chi connectivity index (χ4n) is 2.93. The van der Waals surface area contributed by atoms with E-state index in [1.807, 2.05) is 41.5 Å². The van der Waals surface area contributed by atoms with E-state index in [1.165, 1.54) is 0 Å². The van der Waals surface area contributed by atoms with Gasteiger partial charge in [0.25, 0.3) is 0 Å². The highest BCUT2D eigenvalue weighted by atomic mass is 16.6. The van der Waals surface area contributed by atoms with Gasteiger partial charge in [0.15, 0.2) is 0 Å². The van der Waals surface area contributed by atoms with Gasteiger partial charge in [-0.05, 0) is 41.5 Å². The molecule has 7 nitrogen and oxygen atoms in total. The number of ether oxygens (including phenoxy) is 2. The zero-order chi connectivity index (χ0) is 17.4. The van der Waals surface area contributed by atoms with Crippen molar-refractivity contribution in [1.82, 2.24) is 15.1 Å². The molecule has 2 amide bonds. The molecule has 0 saturated carbocycles. The number of rotatable bonds is 0. The molecule has 2 aliphatic heterocycles. The van der Waals surface area contributed by atoms with E-state index < -0.39 is 11.2 Å². The lowest BCUT2D eigenvalue weighted by Crippen LogP contribution is -2.62. The first-order valence-electron chi connectivity index (χ1n) is 8.18. The van der Waals surface area contributed by atoms with Crippen LogP contribution in [0.1, 0.15) is 41.5 Å².